The molecule has 0 aromatic heterocycles. The first kappa shape index (κ1) is 13.1. The van der Waals surface area contributed by atoms with Gasteiger partial charge in [0.1, 0.15) is 18.3 Å². The van der Waals surface area contributed by atoms with Crippen molar-refractivity contribution in [2.24, 2.45) is 0 Å². The normalized spacial score (nSPS) is 17.8. The summed E-state index contributed by atoms with van der Waals surface area (Å²) in [7, 11) is 0. The smallest absolute Gasteiger partial charge is 0.151 e. The van der Waals surface area contributed by atoms with Gasteiger partial charge in [0.25, 0.3) is 0 Å². The average molecular weight is 165 g/mol. The van der Waals surface area contributed by atoms with Crippen LogP contribution in [0.2, 0.25) is 0 Å². The largest absolute Gasteiger partial charge is 0.394 e. The molecule has 0 amide bonds. The van der Waals surface area contributed by atoms with Gasteiger partial charge >= 0.3 is 0 Å². The van der Waals surface area contributed by atoms with Crippen molar-refractivity contribution in [3.8, 4) is 0 Å². The van der Waals surface area contributed by atoms with E-state index in [1.165, 1.54) is 0 Å². The first-order valence-electron chi connectivity index (χ1n) is 2.73. The van der Waals surface area contributed by atoms with Crippen molar-refractivity contribution in [2.45, 2.75) is 18.3 Å². The van der Waals surface area contributed by atoms with Crippen LogP contribution in [0.1, 0.15) is 0 Å². The molecule has 0 saturated carbocycles. The number of aldehydes is 1. The van der Waals surface area contributed by atoms with E-state index in [9.17, 15) is 4.79 Å². The zero-order valence-corrected chi connectivity index (χ0v) is 6.21. The summed E-state index contributed by atoms with van der Waals surface area (Å²) >= 11 is 0. The predicted octanol–water partition coefficient (Wildman–Crippen LogP) is -2.29. The van der Waals surface area contributed by atoms with E-state index in [0.717, 1.165) is 0 Å². The Labute approximate surface area is 64.9 Å². The van der Waals surface area contributed by atoms with Gasteiger partial charge in [-0.1, -0.05) is 7.43 Å². The van der Waals surface area contributed by atoms with Crippen LogP contribution in [0.15, 0.2) is 0 Å². The highest BCUT2D eigenvalue weighted by atomic mass is 16.4. The van der Waals surface area contributed by atoms with E-state index in [-0.39, 0.29) is 13.7 Å². The van der Waals surface area contributed by atoms with Gasteiger partial charge in [-0.05, 0) is 0 Å². The minimum absolute atomic E-state index is 0. The highest BCUT2D eigenvalue weighted by Crippen LogP contribution is 1.96. The molecular weight excluding hydrogens is 152 g/mol. The maximum absolute atomic E-state index is 9.76. The van der Waals surface area contributed by atoms with Gasteiger partial charge in [0, 0.05) is 0 Å². The van der Waals surface area contributed by atoms with Gasteiger partial charge in [0.2, 0.25) is 0 Å². The minimum Gasteiger partial charge on any atom is -0.394 e. The van der Waals surface area contributed by atoms with Crippen molar-refractivity contribution in [3.05, 3.63) is 7.43 Å². The Hall–Kier alpha value is -0.490. The van der Waals surface area contributed by atoms with Crippen molar-refractivity contribution in [2.75, 3.05) is 6.61 Å². The maximum Gasteiger partial charge on any atom is 0.151 e. The fourth-order valence-corrected chi connectivity index (χ4v) is 0.416. The summed E-state index contributed by atoms with van der Waals surface area (Å²) in [6.07, 6.45) is -4.63. The van der Waals surface area contributed by atoms with Crippen LogP contribution in [-0.4, -0.2) is 51.6 Å². The molecule has 0 saturated heterocycles. The topological polar surface area (TPSA) is 98.0 Å². The maximum atomic E-state index is 9.76. The van der Waals surface area contributed by atoms with Crippen LogP contribution < -0.4 is 0 Å². The Kier molecular flexibility index (Phi) is 7.44. The standard InChI is InChI=1S/C5H10O5.CH3/c6-1-3(8)5(10)4(9)2-7;/h1,3-5,7-10H,2H2;1H3/t3-,4-,5+;/m0./s1. The third-order valence-corrected chi connectivity index (χ3v) is 1.07. The second kappa shape index (κ2) is 6.23. The molecule has 0 unspecified atom stereocenters. The average Bonchev–Trinajstić information content (AvgIpc) is 2.00. The van der Waals surface area contributed by atoms with Crippen LogP contribution in [-0.2, 0) is 4.79 Å². The molecule has 0 aliphatic carbocycles. The Morgan fingerprint density at radius 3 is 2.00 bits per heavy atom. The molecule has 11 heavy (non-hydrogen) atoms. The van der Waals surface area contributed by atoms with Crippen LogP contribution in [0.4, 0.5) is 0 Å². The van der Waals surface area contributed by atoms with Gasteiger partial charge in [-0.25, -0.2) is 0 Å². The molecule has 0 aliphatic rings. The molecule has 67 valence electrons. The lowest BCUT2D eigenvalue weighted by Gasteiger charge is -2.16. The fourth-order valence-electron chi connectivity index (χ4n) is 0.416. The molecule has 0 rings (SSSR count). The molecule has 0 aromatic rings. The zero-order chi connectivity index (χ0) is 8.15. The molecule has 5 heteroatoms. The molecule has 0 bridgehead atoms. The Morgan fingerprint density at radius 1 is 1.27 bits per heavy atom. The first-order valence-corrected chi connectivity index (χ1v) is 2.73. The lowest BCUT2D eigenvalue weighted by molar-refractivity contribution is -0.127. The van der Waals surface area contributed by atoms with Crippen LogP contribution >= 0.6 is 0 Å². The molecule has 0 spiro atoms. The van der Waals surface area contributed by atoms with Crippen molar-refractivity contribution in [3.63, 3.8) is 0 Å². The number of aliphatic hydroxyl groups is 4. The van der Waals surface area contributed by atoms with Crippen molar-refractivity contribution in [1.29, 1.82) is 0 Å². The van der Waals surface area contributed by atoms with Crippen LogP contribution in [0.3, 0.4) is 0 Å². The number of hydrogen-bond donors (Lipinski definition) is 4. The number of carbonyl (C=O) groups is 1. The Balaban J connectivity index is 0. The summed E-state index contributed by atoms with van der Waals surface area (Å²) in [5.74, 6) is 0. The molecule has 0 fully saturated rings. The van der Waals surface area contributed by atoms with Crippen LogP contribution in [0.25, 0.3) is 0 Å². The predicted molar refractivity (Wildman–Crippen MR) is 37.6 cm³/mol. The van der Waals surface area contributed by atoms with Crippen molar-refractivity contribution < 1.29 is 25.2 Å². The Bertz CT molecular complexity index is 105. The number of hydrogen-bond acceptors (Lipinski definition) is 5. The van der Waals surface area contributed by atoms with Gasteiger partial charge in [0.05, 0.1) is 6.61 Å². The van der Waals surface area contributed by atoms with Crippen LogP contribution in [0.5, 0.6) is 0 Å². The third-order valence-electron chi connectivity index (χ3n) is 1.07. The molecule has 0 aliphatic heterocycles. The monoisotopic (exact) mass is 165 g/mol. The lowest BCUT2D eigenvalue weighted by Crippen LogP contribution is -2.40. The molecule has 3 atom stereocenters. The minimum atomic E-state index is -1.64. The van der Waals surface area contributed by atoms with E-state index < -0.39 is 24.9 Å². The number of carbonyl (C=O) groups excluding carboxylic acids is 1. The molecule has 0 heterocycles. The van der Waals surface area contributed by atoms with Gasteiger partial charge in [0.15, 0.2) is 6.29 Å². The highest BCUT2D eigenvalue weighted by molar-refractivity contribution is 5.56. The summed E-state index contributed by atoms with van der Waals surface area (Å²) in [5.41, 5.74) is 0. The van der Waals surface area contributed by atoms with E-state index in [4.69, 9.17) is 20.4 Å². The lowest BCUT2D eigenvalue weighted by atomic mass is 10.1. The molecule has 1 radical (unpaired) electrons. The van der Waals surface area contributed by atoms with E-state index in [2.05, 4.69) is 0 Å². The Morgan fingerprint density at radius 2 is 1.73 bits per heavy atom. The fraction of sp³-hybridized carbons (Fsp3) is 0.667. The van der Waals surface area contributed by atoms with Gasteiger partial charge in [-0.2, -0.15) is 0 Å². The van der Waals surface area contributed by atoms with E-state index in [0.29, 0.717) is 0 Å². The second-order valence-corrected chi connectivity index (χ2v) is 1.87. The van der Waals surface area contributed by atoms with E-state index in [1.54, 1.807) is 0 Å². The summed E-state index contributed by atoms with van der Waals surface area (Å²) < 4.78 is 0. The molecular formula is C6H13O5. The van der Waals surface area contributed by atoms with E-state index >= 15 is 0 Å². The van der Waals surface area contributed by atoms with Gasteiger partial charge in [-0.15, -0.1) is 0 Å². The van der Waals surface area contributed by atoms with E-state index in [1.807, 2.05) is 0 Å². The van der Waals surface area contributed by atoms with Crippen LogP contribution in [0, 0.1) is 7.43 Å². The zero-order valence-electron chi connectivity index (χ0n) is 6.21. The van der Waals surface area contributed by atoms with Crippen molar-refractivity contribution >= 4 is 6.29 Å². The second-order valence-electron chi connectivity index (χ2n) is 1.87. The van der Waals surface area contributed by atoms with Gasteiger partial charge < -0.3 is 25.2 Å². The van der Waals surface area contributed by atoms with Gasteiger partial charge in [-0.3, -0.25) is 0 Å². The summed E-state index contributed by atoms with van der Waals surface area (Å²) in [6, 6.07) is 0. The van der Waals surface area contributed by atoms with Crippen molar-refractivity contribution in [1.82, 2.24) is 0 Å². The number of aliphatic hydroxyl groups excluding tert-OH is 4. The summed E-state index contributed by atoms with van der Waals surface area (Å²) in [6.45, 7) is -0.688. The quantitative estimate of drug-likeness (QED) is 0.351. The molecule has 5 nitrogen and oxygen atoms in total. The summed E-state index contributed by atoms with van der Waals surface area (Å²) in [4.78, 5) is 9.76. The molecule has 4 N–H and O–H groups in total. The first-order chi connectivity index (χ1) is 4.63. The molecule has 0 aromatic carbocycles. The summed E-state index contributed by atoms with van der Waals surface area (Å²) in [5, 5.41) is 34.1. The third kappa shape index (κ3) is 4.05. The highest BCUT2D eigenvalue weighted by Gasteiger charge is 2.22. The SMILES string of the molecule is O=C[C@H](O)[C@@H](O)[C@@H](O)CO.[CH3]. The number of rotatable bonds is 4.